The summed E-state index contributed by atoms with van der Waals surface area (Å²) < 4.78 is 13.4. The zero-order chi connectivity index (χ0) is 12.4. The fraction of sp³-hybridized carbons (Fsp3) is 0.417. The van der Waals surface area contributed by atoms with Gasteiger partial charge in [-0.05, 0) is 38.0 Å². The van der Waals surface area contributed by atoms with Crippen molar-refractivity contribution in [3.8, 4) is 0 Å². The van der Waals surface area contributed by atoms with E-state index in [2.05, 4.69) is 10.6 Å². The van der Waals surface area contributed by atoms with Crippen LogP contribution in [0, 0.1) is 5.82 Å². The third-order valence-corrected chi connectivity index (χ3v) is 2.88. The summed E-state index contributed by atoms with van der Waals surface area (Å²) in [5, 5.41) is 5.99. The standard InChI is InChI=1S/C12H14ClFN2O.ClH/c1-7(15-9-3-4-9)12(17)16-11-5-2-8(13)6-10(11)14;/h2,5-7,9,15H,3-4H2,1H3,(H,16,17);1H. The molecule has 0 aliphatic heterocycles. The molecule has 0 spiro atoms. The summed E-state index contributed by atoms with van der Waals surface area (Å²) in [5.74, 6) is -0.761. The van der Waals surface area contributed by atoms with Crippen LogP contribution in [0.5, 0.6) is 0 Å². The SMILES string of the molecule is CC(NC1CC1)C(=O)Nc1ccc(Cl)cc1F.Cl. The summed E-state index contributed by atoms with van der Waals surface area (Å²) in [6.45, 7) is 1.77. The van der Waals surface area contributed by atoms with Gasteiger partial charge in [-0.3, -0.25) is 4.79 Å². The number of benzene rings is 1. The first-order valence-corrected chi connectivity index (χ1v) is 5.96. The minimum Gasteiger partial charge on any atom is -0.322 e. The van der Waals surface area contributed by atoms with E-state index in [-0.39, 0.29) is 30.0 Å². The molecular formula is C12H15Cl2FN2O. The predicted octanol–water partition coefficient (Wildman–Crippen LogP) is 2.98. The third kappa shape index (κ3) is 4.12. The van der Waals surface area contributed by atoms with Gasteiger partial charge in [0.1, 0.15) is 5.82 Å². The Balaban J connectivity index is 0.00000162. The maximum atomic E-state index is 13.4. The average molecular weight is 293 g/mol. The zero-order valence-corrected chi connectivity index (χ0v) is 11.4. The van der Waals surface area contributed by atoms with E-state index >= 15 is 0 Å². The van der Waals surface area contributed by atoms with Crippen LogP contribution in [0.4, 0.5) is 10.1 Å². The highest BCUT2D eigenvalue weighted by atomic mass is 35.5. The molecule has 2 rings (SSSR count). The number of hydrogen-bond donors (Lipinski definition) is 2. The van der Waals surface area contributed by atoms with Crippen molar-refractivity contribution < 1.29 is 9.18 Å². The summed E-state index contributed by atoms with van der Waals surface area (Å²) in [6, 6.07) is 4.29. The number of anilines is 1. The van der Waals surface area contributed by atoms with Gasteiger partial charge in [0.05, 0.1) is 11.7 Å². The van der Waals surface area contributed by atoms with Crippen molar-refractivity contribution in [2.45, 2.75) is 31.8 Å². The van der Waals surface area contributed by atoms with Crippen LogP contribution >= 0.6 is 24.0 Å². The van der Waals surface area contributed by atoms with Crippen molar-refractivity contribution >= 4 is 35.6 Å². The zero-order valence-electron chi connectivity index (χ0n) is 9.87. The Morgan fingerprint density at radius 3 is 2.72 bits per heavy atom. The maximum Gasteiger partial charge on any atom is 0.241 e. The van der Waals surface area contributed by atoms with Crippen molar-refractivity contribution in [2.75, 3.05) is 5.32 Å². The lowest BCUT2D eigenvalue weighted by molar-refractivity contribution is -0.117. The molecule has 1 amide bonds. The number of rotatable bonds is 4. The summed E-state index contributed by atoms with van der Waals surface area (Å²) in [4.78, 5) is 11.7. The largest absolute Gasteiger partial charge is 0.322 e. The number of amides is 1. The molecule has 1 aromatic carbocycles. The van der Waals surface area contributed by atoms with E-state index in [0.29, 0.717) is 11.1 Å². The molecule has 2 N–H and O–H groups in total. The number of carbonyl (C=O) groups is 1. The van der Waals surface area contributed by atoms with Crippen molar-refractivity contribution in [2.24, 2.45) is 0 Å². The minimum absolute atomic E-state index is 0. The topological polar surface area (TPSA) is 41.1 Å². The molecule has 3 nitrogen and oxygen atoms in total. The van der Waals surface area contributed by atoms with E-state index < -0.39 is 5.82 Å². The molecular weight excluding hydrogens is 278 g/mol. The van der Waals surface area contributed by atoms with Crippen LogP contribution in [0.15, 0.2) is 18.2 Å². The Labute approximate surface area is 116 Å². The first-order chi connectivity index (χ1) is 8.06. The van der Waals surface area contributed by atoms with Crippen LogP contribution in [-0.4, -0.2) is 18.0 Å². The van der Waals surface area contributed by atoms with E-state index in [1.165, 1.54) is 12.1 Å². The third-order valence-electron chi connectivity index (χ3n) is 2.65. The summed E-state index contributed by atoms with van der Waals surface area (Å²) >= 11 is 5.63. The smallest absolute Gasteiger partial charge is 0.241 e. The van der Waals surface area contributed by atoms with E-state index in [0.717, 1.165) is 12.8 Å². The maximum absolute atomic E-state index is 13.4. The summed E-state index contributed by atoms with van der Waals surface area (Å²) in [6.07, 6.45) is 2.21. The second-order valence-corrected chi connectivity index (χ2v) is 4.71. The van der Waals surface area contributed by atoms with Gasteiger partial charge in [0.25, 0.3) is 0 Å². The fourth-order valence-corrected chi connectivity index (χ4v) is 1.67. The van der Waals surface area contributed by atoms with Crippen LogP contribution in [0.25, 0.3) is 0 Å². The normalized spacial score (nSPS) is 15.7. The Hall–Kier alpha value is -0.840. The molecule has 1 unspecified atom stereocenters. The first kappa shape index (κ1) is 15.2. The van der Waals surface area contributed by atoms with Gasteiger partial charge in [-0.25, -0.2) is 4.39 Å². The van der Waals surface area contributed by atoms with Crippen LogP contribution < -0.4 is 10.6 Å². The average Bonchev–Trinajstić information content (AvgIpc) is 3.06. The highest BCUT2D eigenvalue weighted by Gasteiger charge is 2.25. The van der Waals surface area contributed by atoms with E-state index in [9.17, 15) is 9.18 Å². The Morgan fingerprint density at radius 1 is 1.50 bits per heavy atom. The van der Waals surface area contributed by atoms with Gasteiger partial charge in [-0.15, -0.1) is 12.4 Å². The van der Waals surface area contributed by atoms with E-state index in [4.69, 9.17) is 11.6 Å². The van der Waals surface area contributed by atoms with Gasteiger partial charge in [-0.1, -0.05) is 11.6 Å². The van der Waals surface area contributed by atoms with Gasteiger partial charge in [0.2, 0.25) is 5.91 Å². The van der Waals surface area contributed by atoms with Crippen molar-refractivity contribution in [3.63, 3.8) is 0 Å². The van der Waals surface area contributed by atoms with Crippen LogP contribution in [0.2, 0.25) is 5.02 Å². The highest BCUT2D eigenvalue weighted by molar-refractivity contribution is 6.30. The molecule has 0 heterocycles. The molecule has 0 bridgehead atoms. The monoisotopic (exact) mass is 292 g/mol. The lowest BCUT2D eigenvalue weighted by Crippen LogP contribution is -2.39. The van der Waals surface area contributed by atoms with Crippen LogP contribution in [0.1, 0.15) is 19.8 Å². The Bertz CT molecular complexity index is 438. The quantitative estimate of drug-likeness (QED) is 0.896. The van der Waals surface area contributed by atoms with Gasteiger partial charge in [0, 0.05) is 11.1 Å². The molecule has 1 aliphatic carbocycles. The molecule has 1 fully saturated rings. The highest BCUT2D eigenvalue weighted by Crippen LogP contribution is 2.21. The van der Waals surface area contributed by atoms with Crippen LogP contribution in [-0.2, 0) is 4.79 Å². The van der Waals surface area contributed by atoms with E-state index in [1.54, 1.807) is 13.0 Å². The molecule has 18 heavy (non-hydrogen) atoms. The van der Waals surface area contributed by atoms with Gasteiger partial charge < -0.3 is 10.6 Å². The van der Waals surface area contributed by atoms with Crippen molar-refractivity contribution in [3.05, 3.63) is 29.0 Å². The predicted molar refractivity (Wildman–Crippen MR) is 72.9 cm³/mol. The summed E-state index contributed by atoms with van der Waals surface area (Å²) in [7, 11) is 0. The van der Waals surface area contributed by atoms with Gasteiger partial charge in [-0.2, -0.15) is 0 Å². The molecule has 0 radical (unpaired) electrons. The second kappa shape index (κ2) is 6.36. The number of hydrogen-bond acceptors (Lipinski definition) is 2. The van der Waals surface area contributed by atoms with Crippen molar-refractivity contribution in [1.82, 2.24) is 5.32 Å². The molecule has 1 saturated carbocycles. The molecule has 1 aliphatic rings. The van der Waals surface area contributed by atoms with Crippen molar-refractivity contribution in [1.29, 1.82) is 0 Å². The minimum atomic E-state index is -0.524. The number of halogens is 3. The lowest BCUT2D eigenvalue weighted by atomic mass is 10.2. The first-order valence-electron chi connectivity index (χ1n) is 5.58. The Kier molecular flexibility index (Phi) is 5.38. The number of carbonyl (C=O) groups excluding carboxylic acids is 1. The lowest BCUT2D eigenvalue weighted by Gasteiger charge is -2.13. The van der Waals surface area contributed by atoms with Gasteiger partial charge in [0.15, 0.2) is 0 Å². The molecule has 0 aromatic heterocycles. The van der Waals surface area contributed by atoms with Gasteiger partial charge >= 0.3 is 0 Å². The molecule has 6 heteroatoms. The molecule has 0 saturated heterocycles. The Morgan fingerprint density at radius 2 is 2.17 bits per heavy atom. The van der Waals surface area contributed by atoms with Crippen LogP contribution in [0.3, 0.4) is 0 Å². The number of nitrogens with one attached hydrogen (secondary N) is 2. The molecule has 1 aromatic rings. The fourth-order valence-electron chi connectivity index (χ4n) is 1.51. The molecule has 1 atom stereocenters. The molecule has 100 valence electrons. The second-order valence-electron chi connectivity index (χ2n) is 4.28. The van der Waals surface area contributed by atoms with E-state index in [1.807, 2.05) is 0 Å². The summed E-state index contributed by atoms with van der Waals surface area (Å²) in [5.41, 5.74) is 0.156.